The third kappa shape index (κ3) is 2.46. The molecule has 0 amide bonds. The number of ketones is 2. The number of aliphatic hydroxyl groups is 1. The third-order valence-corrected chi connectivity index (χ3v) is 3.53. The van der Waals surface area contributed by atoms with Gasteiger partial charge < -0.3 is 14.6 Å². The number of hydrogen-bond acceptors (Lipinski definition) is 5. The highest BCUT2D eigenvalue weighted by atomic mass is 16.5. The molecule has 1 N–H and O–H groups in total. The quantitative estimate of drug-likeness (QED) is 0.860. The second kappa shape index (κ2) is 5.27. The van der Waals surface area contributed by atoms with E-state index in [1.54, 1.807) is 6.08 Å². The van der Waals surface area contributed by atoms with Crippen molar-refractivity contribution < 1.29 is 24.2 Å². The molecule has 0 bridgehead atoms. The Balaban J connectivity index is 1.78. The van der Waals surface area contributed by atoms with Gasteiger partial charge in [0.25, 0.3) is 0 Å². The summed E-state index contributed by atoms with van der Waals surface area (Å²) in [5.74, 6) is -0.129. The first-order valence-corrected chi connectivity index (χ1v) is 6.77. The smallest absolute Gasteiger partial charge is 0.205 e. The molecule has 2 aliphatic rings. The van der Waals surface area contributed by atoms with Gasteiger partial charge in [-0.1, -0.05) is 18.2 Å². The molecule has 1 aliphatic heterocycles. The normalized spacial score (nSPS) is 23.8. The summed E-state index contributed by atoms with van der Waals surface area (Å²) >= 11 is 0. The van der Waals surface area contributed by atoms with Gasteiger partial charge >= 0.3 is 0 Å². The van der Waals surface area contributed by atoms with Gasteiger partial charge in [-0.3, -0.25) is 9.59 Å². The summed E-state index contributed by atoms with van der Waals surface area (Å²) < 4.78 is 10.9. The minimum atomic E-state index is -2.02. The van der Waals surface area contributed by atoms with E-state index in [1.807, 2.05) is 30.3 Å². The first-order valence-electron chi connectivity index (χ1n) is 6.77. The van der Waals surface area contributed by atoms with Crippen molar-refractivity contribution in [2.75, 3.05) is 6.61 Å². The maximum absolute atomic E-state index is 12.1. The Morgan fingerprint density at radius 1 is 1.18 bits per heavy atom. The average molecular weight is 298 g/mol. The van der Waals surface area contributed by atoms with Gasteiger partial charge in [0.2, 0.25) is 5.78 Å². The lowest BCUT2D eigenvalue weighted by Gasteiger charge is -2.27. The SMILES string of the molecule is CC1(O)C(=O)C=C2C=C(COc3ccccc3)OC=C2C1=O. The summed E-state index contributed by atoms with van der Waals surface area (Å²) in [6.45, 7) is 1.35. The van der Waals surface area contributed by atoms with Gasteiger partial charge in [0.1, 0.15) is 24.4 Å². The van der Waals surface area contributed by atoms with Gasteiger partial charge in [0, 0.05) is 0 Å². The molecule has 1 aromatic rings. The van der Waals surface area contributed by atoms with Gasteiger partial charge in [-0.05, 0) is 36.8 Å². The Kier molecular flexibility index (Phi) is 3.42. The number of para-hydroxylation sites is 1. The van der Waals surface area contributed by atoms with Crippen molar-refractivity contribution in [1.29, 1.82) is 0 Å². The van der Waals surface area contributed by atoms with Crippen LogP contribution in [0.1, 0.15) is 6.92 Å². The Morgan fingerprint density at radius 3 is 2.64 bits per heavy atom. The highest BCUT2D eigenvalue weighted by Gasteiger charge is 2.44. The van der Waals surface area contributed by atoms with Crippen molar-refractivity contribution >= 4 is 11.6 Å². The zero-order valence-electron chi connectivity index (χ0n) is 11.9. The van der Waals surface area contributed by atoms with Crippen LogP contribution < -0.4 is 4.74 Å². The zero-order valence-corrected chi connectivity index (χ0v) is 11.9. The summed E-state index contributed by atoms with van der Waals surface area (Å²) in [6, 6.07) is 9.22. The lowest BCUT2D eigenvalue weighted by atomic mass is 9.81. The molecule has 1 unspecified atom stereocenters. The number of benzene rings is 1. The predicted octanol–water partition coefficient (Wildman–Crippen LogP) is 1.69. The van der Waals surface area contributed by atoms with E-state index in [9.17, 15) is 14.7 Å². The molecule has 0 fully saturated rings. The number of carbonyl (C=O) groups is 2. The standard InChI is InChI=1S/C17H14O5/c1-17(20)15(18)8-11-7-13(22-10-14(11)16(17)19)9-21-12-5-3-2-4-6-12/h2-8,10,20H,9H2,1H3. The number of allylic oxidation sites excluding steroid dienone is 2. The monoisotopic (exact) mass is 298 g/mol. The van der Waals surface area contributed by atoms with E-state index >= 15 is 0 Å². The van der Waals surface area contributed by atoms with E-state index < -0.39 is 17.2 Å². The Bertz CT molecular complexity index is 723. The molecule has 0 radical (unpaired) electrons. The van der Waals surface area contributed by atoms with Crippen molar-refractivity contribution in [1.82, 2.24) is 0 Å². The third-order valence-electron chi connectivity index (χ3n) is 3.53. The molecule has 0 aromatic heterocycles. The summed E-state index contributed by atoms with van der Waals surface area (Å²) in [6.07, 6.45) is 4.07. The van der Waals surface area contributed by atoms with Crippen LogP contribution in [0.4, 0.5) is 0 Å². The van der Waals surface area contributed by atoms with Crippen molar-refractivity contribution in [2.45, 2.75) is 12.5 Å². The van der Waals surface area contributed by atoms with E-state index in [4.69, 9.17) is 9.47 Å². The molecule has 1 heterocycles. The van der Waals surface area contributed by atoms with Gasteiger partial charge in [0.15, 0.2) is 11.4 Å². The molecule has 0 spiro atoms. The van der Waals surface area contributed by atoms with Gasteiger partial charge in [0.05, 0.1) is 5.57 Å². The fraction of sp³-hybridized carbons (Fsp3) is 0.176. The predicted molar refractivity (Wildman–Crippen MR) is 77.9 cm³/mol. The number of fused-ring (bicyclic) bond motifs is 1. The molecular weight excluding hydrogens is 284 g/mol. The van der Waals surface area contributed by atoms with E-state index in [1.165, 1.54) is 19.3 Å². The first-order chi connectivity index (χ1) is 10.5. The van der Waals surface area contributed by atoms with Crippen LogP contribution in [0.25, 0.3) is 0 Å². The van der Waals surface area contributed by atoms with Crippen molar-refractivity contribution in [3.05, 3.63) is 65.7 Å². The Morgan fingerprint density at radius 2 is 1.91 bits per heavy atom. The molecule has 22 heavy (non-hydrogen) atoms. The van der Waals surface area contributed by atoms with Gasteiger partial charge in [-0.15, -0.1) is 0 Å². The topological polar surface area (TPSA) is 72.8 Å². The van der Waals surface area contributed by atoms with Crippen molar-refractivity contribution in [2.24, 2.45) is 0 Å². The minimum Gasteiger partial charge on any atom is -0.486 e. The molecular formula is C17H14O5. The Hall–Kier alpha value is -2.66. The van der Waals surface area contributed by atoms with Crippen LogP contribution in [0, 0.1) is 0 Å². The average Bonchev–Trinajstić information content (AvgIpc) is 2.52. The fourth-order valence-corrected chi connectivity index (χ4v) is 2.19. The number of hydrogen-bond donors (Lipinski definition) is 1. The zero-order chi connectivity index (χ0) is 15.7. The lowest BCUT2D eigenvalue weighted by molar-refractivity contribution is -0.144. The second-order valence-electron chi connectivity index (χ2n) is 5.23. The van der Waals surface area contributed by atoms with Crippen LogP contribution in [0.3, 0.4) is 0 Å². The van der Waals surface area contributed by atoms with E-state index in [0.717, 1.165) is 0 Å². The molecule has 1 aromatic carbocycles. The lowest BCUT2D eigenvalue weighted by Crippen LogP contribution is -2.46. The molecule has 5 heteroatoms. The van der Waals surface area contributed by atoms with Crippen molar-refractivity contribution in [3.8, 4) is 5.75 Å². The fourth-order valence-electron chi connectivity index (χ4n) is 2.19. The summed E-state index contributed by atoms with van der Waals surface area (Å²) in [4.78, 5) is 23.8. The minimum absolute atomic E-state index is 0.171. The van der Waals surface area contributed by atoms with Crippen LogP contribution in [-0.4, -0.2) is 28.9 Å². The number of Topliss-reactive ketones (excluding diaryl/α,β-unsaturated/α-hetero) is 1. The first kappa shape index (κ1) is 14.3. The van der Waals surface area contributed by atoms with Crippen LogP contribution in [0.2, 0.25) is 0 Å². The summed E-state index contributed by atoms with van der Waals surface area (Å²) in [5.41, 5.74) is -1.41. The molecule has 0 saturated carbocycles. The van der Waals surface area contributed by atoms with Crippen LogP contribution in [0.5, 0.6) is 5.75 Å². The van der Waals surface area contributed by atoms with Crippen LogP contribution in [-0.2, 0) is 14.3 Å². The molecule has 5 nitrogen and oxygen atoms in total. The van der Waals surface area contributed by atoms with Crippen LogP contribution >= 0.6 is 0 Å². The van der Waals surface area contributed by atoms with Crippen molar-refractivity contribution in [3.63, 3.8) is 0 Å². The molecule has 1 atom stereocenters. The van der Waals surface area contributed by atoms with E-state index in [-0.39, 0.29) is 12.2 Å². The maximum atomic E-state index is 12.1. The Labute approximate surface area is 127 Å². The molecule has 0 saturated heterocycles. The summed E-state index contributed by atoms with van der Waals surface area (Å²) in [5, 5.41) is 9.88. The van der Waals surface area contributed by atoms with Gasteiger partial charge in [-0.25, -0.2) is 0 Å². The number of carbonyl (C=O) groups excluding carboxylic acids is 2. The molecule has 1 aliphatic carbocycles. The highest BCUT2D eigenvalue weighted by Crippen LogP contribution is 2.31. The highest BCUT2D eigenvalue weighted by molar-refractivity contribution is 6.25. The second-order valence-corrected chi connectivity index (χ2v) is 5.23. The largest absolute Gasteiger partial charge is 0.486 e. The maximum Gasteiger partial charge on any atom is 0.205 e. The number of ether oxygens (including phenoxy) is 2. The van der Waals surface area contributed by atoms with E-state index in [0.29, 0.717) is 17.1 Å². The molecule has 3 rings (SSSR count). The molecule has 112 valence electrons. The van der Waals surface area contributed by atoms with Crippen LogP contribution in [0.15, 0.2) is 65.7 Å². The summed E-state index contributed by atoms with van der Waals surface area (Å²) in [7, 11) is 0. The van der Waals surface area contributed by atoms with Gasteiger partial charge in [-0.2, -0.15) is 0 Å². The number of rotatable bonds is 3. The van der Waals surface area contributed by atoms with E-state index in [2.05, 4.69) is 0 Å².